The van der Waals surface area contributed by atoms with Crippen molar-refractivity contribution >= 4 is 22.9 Å². The molecule has 0 saturated heterocycles. The third-order valence-electron chi connectivity index (χ3n) is 4.30. The highest BCUT2D eigenvalue weighted by molar-refractivity contribution is 7.13. The van der Waals surface area contributed by atoms with Gasteiger partial charge >= 0.3 is 0 Å². The minimum absolute atomic E-state index is 0.0344. The van der Waals surface area contributed by atoms with Crippen LogP contribution in [0.2, 0.25) is 0 Å². The number of benzene rings is 1. The van der Waals surface area contributed by atoms with Gasteiger partial charge in [0.25, 0.3) is 5.91 Å². The molecule has 0 radical (unpaired) electrons. The number of amides is 1. The molecule has 2 aromatic heterocycles. The van der Waals surface area contributed by atoms with Gasteiger partial charge < -0.3 is 4.90 Å². The molecule has 0 N–H and O–H groups in total. The Morgan fingerprint density at radius 2 is 2.24 bits per heavy atom. The highest BCUT2D eigenvalue weighted by Crippen LogP contribution is 2.33. The van der Waals surface area contributed by atoms with Gasteiger partial charge in [0.2, 0.25) is 0 Å². The monoisotopic (exact) mass is 354 g/mol. The zero-order valence-electron chi connectivity index (χ0n) is 13.5. The van der Waals surface area contributed by atoms with E-state index in [1.165, 1.54) is 23.5 Å². The van der Waals surface area contributed by atoms with Crippen LogP contribution in [0, 0.1) is 5.82 Å². The number of rotatable bonds is 2. The van der Waals surface area contributed by atoms with Gasteiger partial charge in [-0.25, -0.2) is 9.37 Å². The zero-order valence-corrected chi connectivity index (χ0v) is 14.3. The van der Waals surface area contributed by atoms with Crippen molar-refractivity contribution in [3.8, 4) is 10.7 Å². The lowest BCUT2D eigenvalue weighted by molar-refractivity contribution is 0.0971. The van der Waals surface area contributed by atoms with Crippen molar-refractivity contribution in [1.82, 2.24) is 15.0 Å². The largest absolute Gasteiger partial charge is 0.304 e. The third kappa shape index (κ3) is 2.91. The number of aryl methyl sites for hydroxylation is 1. The number of carbonyl (C=O) groups excluding carboxylic acids is 1. The Bertz CT molecular complexity index is 928. The summed E-state index contributed by atoms with van der Waals surface area (Å²) in [4.78, 5) is 27.4. The van der Waals surface area contributed by atoms with E-state index in [-0.39, 0.29) is 17.8 Å². The van der Waals surface area contributed by atoms with Crippen LogP contribution in [-0.2, 0) is 6.42 Å². The predicted molar refractivity (Wildman–Crippen MR) is 94.1 cm³/mol. The Morgan fingerprint density at radius 3 is 3.04 bits per heavy atom. The maximum Gasteiger partial charge on any atom is 0.278 e. The fourth-order valence-electron chi connectivity index (χ4n) is 3.05. The standard InChI is InChI=1S/C18H15FN4OS/c1-11-2-3-12-8-13(19)4-5-16(12)23(11)18(24)15-10-25-17(22-15)14-9-20-6-7-21-14/h4-11H,2-3H2,1H3/t11-/m1/s1. The summed E-state index contributed by atoms with van der Waals surface area (Å²) in [5, 5.41) is 2.39. The van der Waals surface area contributed by atoms with Gasteiger partial charge in [0, 0.05) is 29.5 Å². The summed E-state index contributed by atoms with van der Waals surface area (Å²) in [7, 11) is 0. The van der Waals surface area contributed by atoms with E-state index in [2.05, 4.69) is 15.0 Å². The van der Waals surface area contributed by atoms with Crippen LogP contribution >= 0.6 is 11.3 Å². The summed E-state index contributed by atoms with van der Waals surface area (Å²) in [6.07, 6.45) is 6.36. The van der Waals surface area contributed by atoms with E-state index in [4.69, 9.17) is 0 Å². The molecule has 0 fully saturated rings. The van der Waals surface area contributed by atoms with Crippen molar-refractivity contribution in [2.75, 3.05) is 4.90 Å². The number of thiazole rings is 1. The lowest BCUT2D eigenvalue weighted by Gasteiger charge is -2.34. The third-order valence-corrected chi connectivity index (χ3v) is 5.16. The smallest absolute Gasteiger partial charge is 0.278 e. The predicted octanol–water partition coefficient (Wildman–Crippen LogP) is 3.72. The van der Waals surface area contributed by atoms with Gasteiger partial charge in [0.05, 0.1) is 6.20 Å². The van der Waals surface area contributed by atoms with Crippen molar-refractivity contribution in [3.63, 3.8) is 0 Å². The van der Waals surface area contributed by atoms with E-state index < -0.39 is 0 Å². The van der Waals surface area contributed by atoms with Crippen molar-refractivity contribution < 1.29 is 9.18 Å². The van der Waals surface area contributed by atoms with Crippen LogP contribution in [0.25, 0.3) is 10.7 Å². The average Bonchev–Trinajstić information content (AvgIpc) is 3.12. The number of aromatic nitrogens is 3. The molecule has 0 aliphatic carbocycles. The molecule has 1 aliphatic heterocycles. The van der Waals surface area contributed by atoms with Gasteiger partial charge in [-0.05, 0) is 43.5 Å². The first-order chi connectivity index (χ1) is 12.1. The molecule has 1 aliphatic rings. The summed E-state index contributed by atoms with van der Waals surface area (Å²) in [6, 6.07) is 4.61. The fourth-order valence-corrected chi connectivity index (χ4v) is 3.81. The van der Waals surface area contributed by atoms with Crippen LogP contribution in [0.15, 0.2) is 42.2 Å². The molecule has 1 atom stereocenters. The zero-order chi connectivity index (χ0) is 17.4. The number of carbonyl (C=O) groups is 1. The van der Waals surface area contributed by atoms with Crippen molar-refractivity contribution in [2.24, 2.45) is 0 Å². The van der Waals surface area contributed by atoms with Gasteiger partial charge in [-0.3, -0.25) is 14.8 Å². The van der Waals surface area contributed by atoms with Gasteiger partial charge in [0.1, 0.15) is 22.2 Å². The maximum absolute atomic E-state index is 13.5. The van der Waals surface area contributed by atoms with Crippen molar-refractivity contribution in [2.45, 2.75) is 25.8 Å². The fraction of sp³-hybridized carbons (Fsp3) is 0.222. The minimum atomic E-state index is -0.278. The van der Waals surface area contributed by atoms with E-state index in [1.807, 2.05) is 6.92 Å². The van der Waals surface area contributed by atoms with Gasteiger partial charge in [-0.1, -0.05) is 0 Å². The summed E-state index contributed by atoms with van der Waals surface area (Å²) < 4.78 is 13.5. The molecular weight excluding hydrogens is 339 g/mol. The number of nitrogens with zero attached hydrogens (tertiary/aromatic N) is 4. The molecule has 3 aromatic rings. The van der Waals surface area contributed by atoms with Crippen LogP contribution in [0.4, 0.5) is 10.1 Å². The molecule has 0 spiro atoms. The summed E-state index contributed by atoms with van der Waals surface area (Å²) in [5.41, 5.74) is 2.63. The molecule has 0 unspecified atom stereocenters. The van der Waals surface area contributed by atoms with E-state index in [0.717, 1.165) is 24.1 Å². The molecule has 3 heterocycles. The summed E-state index contributed by atoms with van der Waals surface area (Å²) >= 11 is 1.36. The first kappa shape index (κ1) is 15.8. The van der Waals surface area contributed by atoms with E-state index in [9.17, 15) is 9.18 Å². The summed E-state index contributed by atoms with van der Waals surface area (Å²) in [6.45, 7) is 2.00. The van der Waals surface area contributed by atoms with Crippen molar-refractivity contribution in [1.29, 1.82) is 0 Å². The lowest BCUT2D eigenvalue weighted by Crippen LogP contribution is -2.42. The lowest BCUT2D eigenvalue weighted by atomic mass is 9.96. The topological polar surface area (TPSA) is 59.0 Å². The molecule has 5 nitrogen and oxygen atoms in total. The first-order valence-corrected chi connectivity index (χ1v) is 8.85. The van der Waals surface area contributed by atoms with E-state index in [0.29, 0.717) is 16.4 Å². The number of fused-ring (bicyclic) bond motifs is 1. The molecule has 4 rings (SSSR count). The quantitative estimate of drug-likeness (QED) is 0.704. The van der Waals surface area contributed by atoms with Crippen LogP contribution in [0.3, 0.4) is 0 Å². The Hall–Kier alpha value is -2.67. The molecule has 1 amide bonds. The van der Waals surface area contributed by atoms with Crippen LogP contribution in [-0.4, -0.2) is 26.9 Å². The Balaban J connectivity index is 1.69. The number of halogens is 1. The Kier molecular flexibility index (Phi) is 4.01. The second kappa shape index (κ2) is 6.33. The summed E-state index contributed by atoms with van der Waals surface area (Å²) in [5.74, 6) is -0.453. The van der Waals surface area contributed by atoms with Gasteiger partial charge in [-0.15, -0.1) is 11.3 Å². The van der Waals surface area contributed by atoms with E-state index in [1.54, 1.807) is 34.9 Å². The Labute approximate surface area is 148 Å². The molecule has 7 heteroatoms. The SMILES string of the molecule is C[C@@H]1CCc2cc(F)ccc2N1C(=O)c1csc(-c2cnccn2)n1. The highest BCUT2D eigenvalue weighted by Gasteiger charge is 2.30. The van der Waals surface area contributed by atoms with Gasteiger partial charge in [-0.2, -0.15) is 0 Å². The van der Waals surface area contributed by atoms with Crippen LogP contribution < -0.4 is 4.90 Å². The highest BCUT2D eigenvalue weighted by atomic mass is 32.1. The molecule has 0 saturated carbocycles. The maximum atomic E-state index is 13.5. The second-order valence-electron chi connectivity index (χ2n) is 5.96. The average molecular weight is 354 g/mol. The van der Waals surface area contributed by atoms with E-state index >= 15 is 0 Å². The molecule has 1 aromatic carbocycles. The minimum Gasteiger partial charge on any atom is -0.304 e. The first-order valence-electron chi connectivity index (χ1n) is 7.97. The molecule has 25 heavy (non-hydrogen) atoms. The number of hydrogen-bond acceptors (Lipinski definition) is 5. The van der Waals surface area contributed by atoms with Crippen LogP contribution in [0.5, 0.6) is 0 Å². The van der Waals surface area contributed by atoms with Crippen molar-refractivity contribution in [3.05, 3.63) is 59.2 Å². The number of hydrogen-bond donors (Lipinski definition) is 0. The molecular formula is C18H15FN4OS. The number of anilines is 1. The second-order valence-corrected chi connectivity index (χ2v) is 6.82. The normalized spacial score (nSPS) is 16.6. The molecule has 126 valence electrons. The van der Waals surface area contributed by atoms with Crippen LogP contribution in [0.1, 0.15) is 29.4 Å². The Morgan fingerprint density at radius 1 is 1.36 bits per heavy atom. The molecule has 0 bridgehead atoms. The van der Waals surface area contributed by atoms with Gasteiger partial charge in [0.15, 0.2) is 0 Å².